The minimum Gasteiger partial charge on any atom is -0.465 e. The third-order valence-electron chi connectivity index (χ3n) is 4.09. The Hall–Kier alpha value is -2.97. The molecular formula is C18H13F5N2O2. The first kappa shape index (κ1) is 18.8. The van der Waals surface area contributed by atoms with Gasteiger partial charge in [0.1, 0.15) is 0 Å². The number of carbonyl (C=O) groups is 1. The van der Waals surface area contributed by atoms with E-state index < -0.39 is 24.1 Å². The summed E-state index contributed by atoms with van der Waals surface area (Å²) < 4.78 is 70.7. The van der Waals surface area contributed by atoms with Crippen LogP contribution in [0.2, 0.25) is 0 Å². The number of carbonyl (C=O) groups excluding carboxylic acids is 1. The Bertz CT molecular complexity index is 978. The normalized spacial score (nSPS) is 12.0. The van der Waals surface area contributed by atoms with E-state index >= 15 is 0 Å². The predicted molar refractivity (Wildman–Crippen MR) is 86.6 cm³/mol. The monoisotopic (exact) mass is 384 g/mol. The number of rotatable bonds is 4. The van der Waals surface area contributed by atoms with Crippen molar-refractivity contribution in [2.45, 2.75) is 19.1 Å². The Morgan fingerprint density at radius 1 is 1.15 bits per heavy atom. The number of esters is 1. The molecule has 2 aromatic carbocycles. The zero-order valence-electron chi connectivity index (χ0n) is 13.9. The minimum atomic E-state index is -4.46. The van der Waals surface area contributed by atoms with Gasteiger partial charge >= 0.3 is 12.1 Å². The molecule has 0 N–H and O–H groups in total. The maximum atomic E-state index is 13.4. The second kappa shape index (κ2) is 6.98. The van der Waals surface area contributed by atoms with Crippen LogP contribution in [-0.2, 0) is 17.5 Å². The van der Waals surface area contributed by atoms with Gasteiger partial charge in [0.15, 0.2) is 0 Å². The van der Waals surface area contributed by atoms with Crippen LogP contribution in [0.4, 0.5) is 22.0 Å². The lowest BCUT2D eigenvalue weighted by Crippen LogP contribution is -2.07. The van der Waals surface area contributed by atoms with Crippen LogP contribution in [0, 0.1) is 0 Å². The summed E-state index contributed by atoms with van der Waals surface area (Å²) in [7, 11) is 1.17. The molecule has 0 amide bonds. The average Bonchev–Trinajstić information content (AvgIpc) is 3.03. The Morgan fingerprint density at radius 2 is 1.81 bits per heavy atom. The van der Waals surface area contributed by atoms with Crippen molar-refractivity contribution in [1.29, 1.82) is 0 Å². The van der Waals surface area contributed by atoms with Gasteiger partial charge in [-0.05, 0) is 23.8 Å². The molecule has 142 valence electrons. The Kier molecular flexibility index (Phi) is 4.86. The van der Waals surface area contributed by atoms with Crippen molar-refractivity contribution in [3.63, 3.8) is 0 Å². The summed E-state index contributed by atoms with van der Waals surface area (Å²) in [6.07, 6.45) is -6.02. The van der Waals surface area contributed by atoms with Crippen LogP contribution in [0.1, 0.15) is 33.5 Å². The topological polar surface area (TPSA) is 44.1 Å². The molecule has 0 atom stereocenters. The fourth-order valence-electron chi connectivity index (χ4n) is 2.78. The van der Waals surface area contributed by atoms with Gasteiger partial charge in [0.2, 0.25) is 0 Å². The quantitative estimate of drug-likeness (QED) is 0.478. The zero-order valence-corrected chi connectivity index (χ0v) is 13.9. The first-order valence-electron chi connectivity index (χ1n) is 7.73. The molecule has 1 heterocycles. The van der Waals surface area contributed by atoms with Crippen molar-refractivity contribution in [3.8, 4) is 0 Å². The molecule has 0 bridgehead atoms. The largest absolute Gasteiger partial charge is 0.465 e. The molecule has 0 saturated heterocycles. The molecule has 0 fully saturated rings. The lowest BCUT2D eigenvalue weighted by Gasteiger charge is -2.11. The number of hydrogen-bond acceptors (Lipinski definition) is 3. The van der Waals surface area contributed by atoms with Crippen LogP contribution in [0.5, 0.6) is 0 Å². The van der Waals surface area contributed by atoms with Gasteiger partial charge in [0, 0.05) is 10.9 Å². The van der Waals surface area contributed by atoms with E-state index in [0.29, 0.717) is 5.56 Å². The zero-order chi connectivity index (χ0) is 19.8. The van der Waals surface area contributed by atoms with E-state index in [0.717, 1.165) is 18.2 Å². The molecule has 3 aromatic rings. The highest BCUT2D eigenvalue weighted by molar-refractivity contribution is 6.04. The summed E-state index contributed by atoms with van der Waals surface area (Å²) in [4.78, 5) is 11.9. The molecule has 4 nitrogen and oxygen atoms in total. The van der Waals surface area contributed by atoms with Crippen molar-refractivity contribution in [2.75, 3.05) is 7.11 Å². The Labute approximate surface area is 150 Å². The third-order valence-corrected chi connectivity index (χ3v) is 4.09. The second-order valence-electron chi connectivity index (χ2n) is 5.75. The SMILES string of the molecule is COC(=O)c1ccc(C(F)F)c2c1cnn2Cc1ccc(C(F)(F)F)cc1. The molecule has 0 aliphatic rings. The van der Waals surface area contributed by atoms with Crippen LogP contribution in [-0.4, -0.2) is 22.9 Å². The van der Waals surface area contributed by atoms with E-state index in [1.807, 2.05) is 0 Å². The number of nitrogens with zero attached hydrogens (tertiary/aromatic N) is 2. The Balaban J connectivity index is 2.05. The van der Waals surface area contributed by atoms with E-state index in [1.54, 1.807) is 0 Å². The van der Waals surface area contributed by atoms with Gasteiger partial charge < -0.3 is 4.74 Å². The van der Waals surface area contributed by atoms with E-state index in [1.165, 1.54) is 36.2 Å². The molecule has 3 rings (SSSR count). The van der Waals surface area contributed by atoms with Crippen LogP contribution < -0.4 is 0 Å². The van der Waals surface area contributed by atoms with Crippen molar-refractivity contribution in [3.05, 3.63) is 64.8 Å². The number of fused-ring (bicyclic) bond motifs is 1. The van der Waals surface area contributed by atoms with Gasteiger partial charge in [-0.2, -0.15) is 18.3 Å². The lowest BCUT2D eigenvalue weighted by atomic mass is 10.1. The summed E-state index contributed by atoms with van der Waals surface area (Å²) in [5.41, 5.74) is -0.583. The van der Waals surface area contributed by atoms with Gasteiger partial charge in [-0.1, -0.05) is 18.2 Å². The molecule has 9 heteroatoms. The van der Waals surface area contributed by atoms with Gasteiger partial charge in [0.25, 0.3) is 6.43 Å². The fraction of sp³-hybridized carbons (Fsp3) is 0.222. The highest BCUT2D eigenvalue weighted by Gasteiger charge is 2.30. The predicted octanol–water partition coefficient (Wildman–Crippen LogP) is 4.83. The van der Waals surface area contributed by atoms with Gasteiger partial charge in [-0.25, -0.2) is 13.6 Å². The van der Waals surface area contributed by atoms with Crippen LogP contribution in [0.15, 0.2) is 42.6 Å². The number of benzene rings is 2. The molecule has 0 spiro atoms. The summed E-state index contributed by atoms with van der Waals surface area (Å²) in [5, 5.41) is 4.22. The highest BCUT2D eigenvalue weighted by Crippen LogP contribution is 2.32. The van der Waals surface area contributed by atoms with Gasteiger partial charge in [-0.15, -0.1) is 0 Å². The summed E-state index contributed by atoms with van der Waals surface area (Å²) in [5.74, 6) is -0.699. The number of aromatic nitrogens is 2. The Morgan fingerprint density at radius 3 is 2.37 bits per heavy atom. The molecule has 0 aliphatic heterocycles. The van der Waals surface area contributed by atoms with Crippen LogP contribution >= 0.6 is 0 Å². The van der Waals surface area contributed by atoms with E-state index in [4.69, 9.17) is 0 Å². The summed E-state index contributed by atoms with van der Waals surface area (Å²) >= 11 is 0. The first-order chi connectivity index (χ1) is 12.7. The maximum Gasteiger partial charge on any atom is 0.416 e. The molecule has 0 radical (unpaired) electrons. The molecule has 0 saturated carbocycles. The van der Waals surface area contributed by atoms with Gasteiger partial charge in [0.05, 0.1) is 36.5 Å². The van der Waals surface area contributed by atoms with Crippen molar-refractivity contribution in [1.82, 2.24) is 9.78 Å². The van der Waals surface area contributed by atoms with Crippen molar-refractivity contribution in [2.24, 2.45) is 0 Å². The number of methoxy groups -OCH3 is 1. The summed E-state index contributed by atoms with van der Waals surface area (Å²) in [6.45, 7) is -0.0357. The minimum absolute atomic E-state index is 0.0350. The molecule has 0 unspecified atom stereocenters. The highest BCUT2D eigenvalue weighted by atomic mass is 19.4. The van der Waals surface area contributed by atoms with E-state index in [2.05, 4.69) is 9.84 Å². The third kappa shape index (κ3) is 3.62. The first-order valence-corrected chi connectivity index (χ1v) is 7.73. The fourth-order valence-corrected chi connectivity index (χ4v) is 2.78. The molecular weight excluding hydrogens is 371 g/mol. The maximum absolute atomic E-state index is 13.4. The molecule has 1 aromatic heterocycles. The van der Waals surface area contributed by atoms with Crippen molar-refractivity contribution >= 4 is 16.9 Å². The standard InChI is InChI=1S/C18H13F5N2O2/c1-27-17(26)12-6-7-13(16(19)20)15-14(12)8-24-25(15)9-10-2-4-11(5-3-10)18(21,22)23/h2-8,16H,9H2,1H3. The number of halogens is 5. The van der Waals surface area contributed by atoms with Crippen LogP contribution in [0.3, 0.4) is 0 Å². The number of hydrogen-bond donors (Lipinski definition) is 0. The smallest absolute Gasteiger partial charge is 0.416 e. The van der Waals surface area contributed by atoms with E-state index in [9.17, 15) is 26.7 Å². The van der Waals surface area contributed by atoms with Gasteiger partial charge in [-0.3, -0.25) is 4.68 Å². The lowest BCUT2D eigenvalue weighted by molar-refractivity contribution is -0.137. The molecule has 0 aliphatic carbocycles. The average molecular weight is 384 g/mol. The number of ether oxygens (including phenoxy) is 1. The summed E-state index contributed by atoms with van der Waals surface area (Å²) in [6, 6.07) is 6.68. The van der Waals surface area contributed by atoms with Crippen LogP contribution in [0.25, 0.3) is 10.9 Å². The molecule has 27 heavy (non-hydrogen) atoms. The van der Waals surface area contributed by atoms with E-state index in [-0.39, 0.29) is 28.6 Å². The van der Waals surface area contributed by atoms with Crippen molar-refractivity contribution < 1.29 is 31.5 Å². The number of alkyl halides is 5. The second-order valence-corrected chi connectivity index (χ2v) is 5.75.